The number of imidazole rings is 1. The number of rotatable bonds is 6. The third-order valence-corrected chi connectivity index (χ3v) is 7.31. The minimum atomic E-state index is -0.567. The standard InChI is InChI=1S/C25H29FN4O3/c1-33-17-7-6-16(18(26)15-17)14-21(22-27-19-4-2-3-5-20(19)28-22)29-23(31)30-24-8-11-25(32,12-9-24)13-10-24/h2-7,15,21,32H,8-14H2,1H3,(H,27,28)(H2,29,30,31). The van der Waals surface area contributed by atoms with Crippen LogP contribution in [-0.2, 0) is 6.42 Å². The lowest BCUT2D eigenvalue weighted by Crippen LogP contribution is -2.60. The van der Waals surface area contributed by atoms with E-state index in [4.69, 9.17) is 4.74 Å². The van der Waals surface area contributed by atoms with Crippen LogP contribution < -0.4 is 15.4 Å². The van der Waals surface area contributed by atoms with Crippen LogP contribution in [0.25, 0.3) is 11.0 Å². The fourth-order valence-corrected chi connectivity index (χ4v) is 5.18. The molecule has 1 aromatic heterocycles. The number of para-hydroxylation sites is 2. The molecule has 2 aromatic carbocycles. The van der Waals surface area contributed by atoms with Crippen molar-refractivity contribution >= 4 is 17.1 Å². The number of nitrogens with zero attached hydrogens (tertiary/aromatic N) is 1. The van der Waals surface area contributed by atoms with E-state index in [2.05, 4.69) is 20.6 Å². The van der Waals surface area contributed by atoms with Crippen molar-refractivity contribution in [3.63, 3.8) is 0 Å². The number of fused-ring (bicyclic) bond motifs is 4. The van der Waals surface area contributed by atoms with Crippen LogP contribution in [0, 0.1) is 5.82 Å². The van der Waals surface area contributed by atoms with Crippen LogP contribution in [0.5, 0.6) is 5.75 Å². The van der Waals surface area contributed by atoms with Gasteiger partial charge in [0.25, 0.3) is 0 Å². The number of methoxy groups -OCH3 is 1. The highest BCUT2D eigenvalue weighted by atomic mass is 19.1. The highest BCUT2D eigenvalue weighted by Crippen LogP contribution is 2.46. The fraction of sp³-hybridized carbons (Fsp3) is 0.440. The molecule has 6 rings (SSSR count). The maximum absolute atomic E-state index is 14.7. The molecule has 1 atom stereocenters. The van der Waals surface area contributed by atoms with E-state index in [0.717, 1.165) is 30.3 Å². The van der Waals surface area contributed by atoms with Gasteiger partial charge in [0.05, 0.1) is 29.8 Å². The van der Waals surface area contributed by atoms with Crippen LogP contribution >= 0.6 is 0 Å². The van der Waals surface area contributed by atoms with Crippen molar-refractivity contribution < 1.29 is 19.0 Å². The molecule has 33 heavy (non-hydrogen) atoms. The number of H-pyrrole nitrogens is 1. The quantitative estimate of drug-likeness (QED) is 0.452. The lowest BCUT2D eigenvalue weighted by atomic mass is 9.63. The average molecular weight is 453 g/mol. The van der Waals surface area contributed by atoms with Crippen molar-refractivity contribution in [2.75, 3.05) is 7.11 Å². The molecule has 0 radical (unpaired) electrons. The van der Waals surface area contributed by atoms with E-state index in [9.17, 15) is 14.3 Å². The van der Waals surface area contributed by atoms with Crippen molar-refractivity contribution in [2.24, 2.45) is 0 Å². The number of carbonyl (C=O) groups excluding carboxylic acids is 1. The summed E-state index contributed by atoms with van der Waals surface area (Å²) in [7, 11) is 1.49. The number of hydrogen-bond donors (Lipinski definition) is 4. The van der Waals surface area contributed by atoms with Crippen molar-refractivity contribution in [1.29, 1.82) is 0 Å². The maximum Gasteiger partial charge on any atom is 0.315 e. The third-order valence-electron chi connectivity index (χ3n) is 7.31. The molecule has 0 aliphatic heterocycles. The smallest absolute Gasteiger partial charge is 0.315 e. The van der Waals surface area contributed by atoms with Crippen LogP contribution in [0.4, 0.5) is 9.18 Å². The zero-order valence-corrected chi connectivity index (χ0v) is 18.7. The Kier molecular flexibility index (Phi) is 5.48. The summed E-state index contributed by atoms with van der Waals surface area (Å²) in [4.78, 5) is 21.0. The summed E-state index contributed by atoms with van der Waals surface area (Å²) in [6, 6.07) is 11.5. The minimum absolute atomic E-state index is 0.232. The molecule has 4 N–H and O–H groups in total. The van der Waals surface area contributed by atoms with E-state index < -0.39 is 17.5 Å². The van der Waals surface area contributed by atoms with Crippen LogP contribution in [0.2, 0.25) is 0 Å². The number of aromatic nitrogens is 2. The zero-order valence-electron chi connectivity index (χ0n) is 18.7. The Balaban J connectivity index is 1.38. The summed E-state index contributed by atoms with van der Waals surface area (Å²) in [5, 5.41) is 16.7. The first-order valence-electron chi connectivity index (χ1n) is 11.5. The van der Waals surface area contributed by atoms with E-state index in [1.165, 1.54) is 13.2 Å². The summed E-state index contributed by atoms with van der Waals surface area (Å²) >= 11 is 0. The highest BCUT2D eigenvalue weighted by Gasteiger charge is 2.48. The van der Waals surface area contributed by atoms with Gasteiger partial charge in [-0.05, 0) is 62.3 Å². The summed E-state index contributed by atoms with van der Waals surface area (Å²) in [6.45, 7) is 0. The van der Waals surface area contributed by atoms with E-state index in [0.29, 0.717) is 36.4 Å². The van der Waals surface area contributed by atoms with Crippen LogP contribution in [0.15, 0.2) is 42.5 Å². The van der Waals surface area contributed by atoms with E-state index >= 15 is 0 Å². The SMILES string of the molecule is COc1ccc(CC(NC(=O)NC23CCC(O)(CC2)CC3)c2nc3ccccc3[nH]2)c(F)c1. The van der Waals surface area contributed by atoms with Gasteiger partial charge in [-0.2, -0.15) is 0 Å². The summed E-state index contributed by atoms with van der Waals surface area (Å²) in [5.41, 5.74) is 1.24. The minimum Gasteiger partial charge on any atom is -0.497 e. The molecule has 0 saturated heterocycles. The third kappa shape index (κ3) is 4.39. The number of aliphatic hydroxyl groups is 1. The number of ether oxygens (including phenoxy) is 1. The average Bonchev–Trinajstić information content (AvgIpc) is 3.25. The maximum atomic E-state index is 14.7. The molecule has 1 heterocycles. The Bertz CT molecular complexity index is 1120. The summed E-state index contributed by atoms with van der Waals surface area (Å²) in [6.07, 6.45) is 4.64. The predicted molar refractivity (Wildman–Crippen MR) is 123 cm³/mol. The topological polar surface area (TPSA) is 99.3 Å². The number of amides is 2. The van der Waals surface area contributed by atoms with Crippen molar-refractivity contribution in [3.8, 4) is 5.75 Å². The molecule has 3 fully saturated rings. The van der Waals surface area contributed by atoms with Gasteiger partial charge >= 0.3 is 6.03 Å². The van der Waals surface area contributed by atoms with Gasteiger partial charge in [0.1, 0.15) is 17.4 Å². The van der Waals surface area contributed by atoms with Gasteiger partial charge in [-0.1, -0.05) is 18.2 Å². The monoisotopic (exact) mass is 452 g/mol. The number of benzene rings is 2. The Labute approximate surface area is 191 Å². The second kappa shape index (κ2) is 8.33. The lowest BCUT2D eigenvalue weighted by Gasteiger charge is -2.51. The second-order valence-corrected chi connectivity index (χ2v) is 9.46. The van der Waals surface area contributed by atoms with Gasteiger partial charge in [-0.3, -0.25) is 0 Å². The molecule has 174 valence electrons. The molecule has 3 aliphatic carbocycles. The van der Waals surface area contributed by atoms with Gasteiger partial charge in [0, 0.05) is 18.0 Å². The number of hydrogen-bond acceptors (Lipinski definition) is 4. The van der Waals surface area contributed by atoms with Gasteiger partial charge in [0.15, 0.2) is 0 Å². The van der Waals surface area contributed by atoms with Gasteiger partial charge in [-0.25, -0.2) is 14.2 Å². The van der Waals surface area contributed by atoms with Crippen molar-refractivity contribution in [1.82, 2.24) is 20.6 Å². The van der Waals surface area contributed by atoms with E-state index in [-0.39, 0.29) is 18.0 Å². The summed E-state index contributed by atoms with van der Waals surface area (Å²) in [5.74, 6) is 0.617. The van der Waals surface area contributed by atoms with Gasteiger partial charge < -0.3 is 25.5 Å². The summed E-state index contributed by atoms with van der Waals surface area (Å²) < 4.78 is 19.8. The van der Waals surface area contributed by atoms with Gasteiger partial charge in [0.2, 0.25) is 0 Å². The molecule has 3 saturated carbocycles. The molecule has 3 aromatic rings. The van der Waals surface area contributed by atoms with Crippen LogP contribution in [0.3, 0.4) is 0 Å². The molecule has 2 bridgehead atoms. The molecular weight excluding hydrogens is 423 g/mol. The first-order chi connectivity index (χ1) is 15.9. The van der Waals surface area contributed by atoms with E-state index in [1.54, 1.807) is 12.1 Å². The Morgan fingerprint density at radius 1 is 1.18 bits per heavy atom. The second-order valence-electron chi connectivity index (χ2n) is 9.46. The molecular formula is C25H29FN4O3. The van der Waals surface area contributed by atoms with Crippen LogP contribution in [0.1, 0.15) is 56.0 Å². The molecule has 0 spiro atoms. The predicted octanol–water partition coefficient (Wildman–Crippen LogP) is 4.13. The molecule has 3 aliphatic rings. The van der Waals surface area contributed by atoms with Crippen molar-refractivity contribution in [2.45, 2.75) is 62.1 Å². The Morgan fingerprint density at radius 3 is 2.58 bits per heavy atom. The molecule has 1 unspecified atom stereocenters. The largest absolute Gasteiger partial charge is 0.497 e. The molecule has 8 heteroatoms. The van der Waals surface area contributed by atoms with Crippen molar-refractivity contribution in [3.05, 3.63) is 59.7 Å². The first kappa shape index (κ1) is 21.7. The zero-order chi connectivity index (χ0) is 23.1. The van der Waals surface area contributed by atoms with E-state index in [1.807, 2.05) is 24.3 Å². The number of urea groups is 1. The van der Waals surface area contributed by atoms with Gasteiger partial charge in [-0.15, -0.1) is 0 Å². The lowest BCUT2D eigenvalue weighted by molar-refractivity contribution is -0.0694. The number of aromatic amines is 1. The Hall–Kier alpha value is -3.13. The normalized spacial score (nSPS) is 25.1. The number of carbonyl (C=O) groups is 1. The Morgan fingerprint density at radius 2 is 1.91 bits per heavy atom. The molecule has 2 amide bonds. The number of halogens is 1. The fourth-order valence-electron chi connectivity index (χ4n) is 5.18. The highest BCUT2D eigenvalue weighted by molar-refractivity contribution is 5.77. The number of nitrogens with one attached hydrogen (secondary N) is 3. The molecule has 7 nitrogen and oxygen atoms in total. The van der Waals surface area contributed by atoms with Crippen LogP contribution in [-0.4, -0.2) is 39.4 Å². The first-order valence-corrected chi connectivity index (χ1v) is 11.5.